The molecule has 1 aromatic carbocycles. The summed E-state index contributed by atoms with van der Waals surface area (Å²) in [6.07, 6.45) is -3.51. The van der Waals surface area contributed by atoms with E-state index in [1.165, 1.54) is 0 Å². The maximum atomic E-state index is 12.5. The highest BCUT2D eigenvalue weighted by Crippen LogP contribution is 2.23. The Bertz CT molecular complexity index is 753. The van der Waals surface area contributed by atoms with Crippen molar-refractivity contribution in [3.05, 3.63) is 36.0 Å². The van der Waals surface area contributed by atoms with Gasteiger partial charge in [-0.1, -0.05) is 18.2 Å². The van der Waals surface area contributed by atoms with Gasteiger partial charge in [-0.15, -0.1) is 0 Å². The van der Waals surface area contributed by atoms with Crippen molar-refractivity contribution in [1.29, 1.82) is 0 Å². The molecule has 130 valence electrons. The van der Waals surface area contributed by atoms with Crippen LogP contribution in [0.5, 0.6) is 0 Å². The normalized spacial score (nSPS) is 13.0. The number of carboxylic acid groups (broad SMARTS) is 1. The van der Waals surface area contributed by atoms with Gasteiger partial charge in [-0.05, 0) is 24.5 Å². The molecule has 24 heavy (non-hydrogen) atoms. The average Bonchev–Trinajstić information content (AvgIpc) is 2.80. The number of alkyl halides is 3. The van der Waals surface area contributed by atoms with Crippen LogP contribution in [0.15, 0.2) is 30.5 Å². The lowest BCUT2D eigenvalue weighted by atomic mass is 10.0. The molecule has 0 spiro atoms. The molecule has 0 aliphatic carbocycles. The molecule has 8 heteroatoms. The molecule has 0 saturated heterocycles. The van der Waals surface area contributed by atoms with Gasteiger partial charge in [0.25, 0.3) is 0 Å². The van der Waals surface area contributed by atoms with E-state index in [-0.39, 0.29) is 19.3 Å². The largest absolute Gasteiger partial charge is 0.481 e. The van der Waals surface area contributed by atoms with Crippen molar-refractivity contribution in [2.24, 2.45) is 7.05 Å². The number of carboxylic acids is 1. The van der Waals surface area contributed by atoms with Gasteiger partial charge in [-0.25, -0.2) is 0 Å². The number of hydrogen-bond acceptors (Lipinski definition) is 2. The summed E-state index contributed by atoms with van der Waals surface area (Å²) < 4.78 is 39.3. The SMILES string of the molecule is Cn1cc(C[C@H](CCC(=O)O)NC(=O)C(F)(F)F)c2ccccc21. The number of nitrogens with one attached hydrogen (secondary N) is 1. The maximum absolute atomic E-state index is 12.5. The summed E-state index contributed by atoms with van der Waals surface area (Å²) in [4.78, 5) is 21.9. The van der Waals surface area contributed by atoms with Gasteiger partial charge in [-0.2, -0.15) is 13.2 Å². The van der Waals surface area contributed by atoms with Gasteiger partial charge < -0.3 is 15.0 Å². The van der Waals surface area contributed by atoms with E-state index in [1.807, 2.05) is 41.2 Å². The van der Waals surface area contributed by atoms with E-state index in [1.54, 1.807) is 6.20 Å². The first kappa shape index (κ1) is 17.8. The quantitative estimate of drug-likeness (QED) is 0.848. The standard InChI is InChI=1S/C16H17F3N2O3/c1-21-9-10(12-4-2-3-5-13(12)21)8-11(6-7-14(22)23)20-15(24)16(17,18)19/h2-5,9,11H,6-8H2,1H3,(H,20,24)(H,22,23)/t11-/m0/s1. The van der Waals surface area contributed by atoms with E-state index in [9.17, 15) is 22.8 Å². The number of halogens is 3. The lowest BCUT2D eigenvalue weighted by Gasteiger charge is -2.18. The molecular formula is C16H17F3N2O3. The number of fused-ring (bicyclic) bond motifs is 1. The van der Waals surface area contributed by atoms with Crippen LogP contribution in [0.3, 0.4) is 0 Å². The van der Waals surface area contributed by atoms with Crippen LogP contribution in [-0.2, 0) is 23.1 Å². The molecule has 0 fully saturated rings. The fourth-order valence-electron chi connectivity index (χ4n) is 2.64. The molecule has 5 nitrogen and oxygen atoms in total. The number of hydrogen-bond donors (Lipinski definition) is 2. The number of aromatic nitrogens is 1. The third kappa shape index (κ3) is 4.27. The third-order valence-corrected chi connectivity index (χ3v) is 3.75. The number of aryl methyl sites for hydroxylation is 1. The predicted molar refractivity (Wildman–Crippen MR) is 81.5 cm³/mol. The number of aliphatic carboxylic acids is 1. The first-order valence-corrected chi connectivity index (χ1v) is 7.31. The highest BCUT2D eigenvalue weighted by atomic mass is 19.4. The number of carbonyl (C=O) groups is 2. The van der Waals surface area contributed by atoms with Gasteiger partial charge in [0.1, 0.15) is 0 Å². The topological polar surface area (TPSA) is 71.3 Å². The Morgan fingerprint density at radius 3 is 2.58 bits per heavy atom. The van der Waals surface area contributed by atoms with E-state index < -0.39 is 24.1 Å². The number of rotatable bonds is 6. The Kier molecular flexibility index (Phi) is 5.16. The molecule has 0 saturated carbocycles. The second-order valence-electron chi connectivity index (χ2n) is 5.59. The van der Waals surface area contributed by atoms with Gasteiger partial charge in [-0.3, -0.25) is 9.59 Å². The molecular weight excluding hydrogens is 325 g/mol. The second-order valence-corrected chi connectivity index (χ2v) is 5.59. The molecule has 2 rings (SSSR count). The van der Waals surface area contributed by atoms with Crippen molar-refractivity contribution < 1.29 is 27.9 Å². The summed E-state index contributed by atoms with van der Waals surface area (Å²) in [7, 11) is 1.81. The molecule has 1 aromatic heterocycles. The Hall–Kier alpha value is -2.51. The van der Waals surface area contributed by atoms with Crippen molar-refractivity contribution in [2.45, 2.75) is 31.5 Å². The van der Waals surface area contributed by atoms with Crippen LogP contribution in [0.1, 0.15) is 18.4 Å². The van der Waals surface area contributed by atoms with E-state index in [0.29, 0.717) is 0 Å². The van der Waals surface area contributed by atoms with E-state index >= 15 is 0 Å². The molecule has 0 aliphatic rings. The van der Waals surface area contributed by atoms with Crippen molar-refractivity contribution in [1.82, 2.24) is 9.88 Å². The summed E-state index contributed by atoms with van der Waals surface area (Å²) in [6, 6.07) is 6.46. The molecule has 1 atom stereocenters. The number of para-hydroxylation sites is 1. The molecule has 0 radical (unpaired) electrons. The highest BCUT2D eigenvalue weighted by Gasteiger charge is 2.39. The highest BCUT2D eigenvalue weighted by molar-refractivity contribution is 5.84. The first-order chi connectivity index (χ1) is 11.2. The lowest BCUT2D eigenvalue weighted by molar-refractivity contribution is -0.174. The van der Waals surface area contributed by atoms with Crippen molar-refractivity contribution in [2.75, 3.05) is 0 Å². The van der Waals surface area contributed by atoms with Crippen molar-refractivity contribution in [3.63, 3.8) is 0 Å². The summed E-state index contributed by atoms with van der Waals surface area (Å²) in [5, 5.41) is 11.5. The molecule has 2 aromatic rings. The summed E-state index contributed by atoms with van der Waals surface area (Å²) in [6.45, 7) is 0. The van der Waals surface area contributed by atoms with E-state index in [2.05, 4.69) is 0 Å². The maximum Gasteiger partial charge on any atom is 0.471 e. The van der Waals surface area contributed by atoms with Crippen LogP contribution in [-0.4, -0.2) is 33.8 Å². The smallest absolute Gasteiger partial charge is 0.471 e. The van der Waals surface area contributed by atoms with E-state index in [0.717, 1.165) is 16.5 Å². The van der Waals surface area contributed by atoms with Crippen LogP contribution in [0.4, 0.5) is 13.2 Å². The van der Waals surface area contributed by atoms with Crippen LogP contribution in [0.25, 0.3) is 10.9 Å². The van der Waals surface area contributed by atoms with E-state index in [4.69, 9.17) is 5.11 Å². The molecule has 2 N–H and O–H groups in total. The number of nitrogens with zero attached hydrogens (tertiary/aromatic N) is 1. The van der Waals surface area contributed by atoms with Gasteiger partial charge in [0.2, 0.25) is 0 Å². The number of benzene rings is 1. The minimum atomic E-state index is -5.00. The van der Waals surface area contributed by atoms with Crippen LogP contribution in [0.2, 0.25) is 0 Å². The van der Waals surface area contributed by atoms with Gasteiger partial charge >= 0.3 is 18.1 Å². The van der Waals surface area contributed by atoms with Crippen LogP contribution in [0, 0.1) is 0 Å². The summed E-state index contributed by atoms with van der Waals surface area (Å²) in [5.41, 5.74) is 1.66. The van der Waals surface area contributed by atoms with Crippen LogP contribution < -0.4 is 5.32 Å². The zero-order chi connectivity index (χ0) is 17.9. The fourth-order valence-corrected chi connectivity index (χ4v) is 2.64. The van der Waals surface area contributed by atoms with Gasteiger partial charge in [0.15, 0.2) is 0 Å². The third-order valence-electron chi connectivity index (χ3n) is 3.75. The Morgan fingerprint density at radius 1 is 1.29 bits per heavy atom. The molecule has 0 aliphatic heterocycles. The molecule has 0 bridgehead atoms. The minimum absolute atomic E-state index is 0.0830. The summed E-state index contributed by atoms with van der Waals surface area (Å²) >= 11 is 0. The monoisotopic (exact) mass is 342 g/mol. The number of carbonyl (C=O) groups excluding carboxylic acids is 1. The number of amides is 1. The van der Waals surface area contributed by atoms with Crippen molar-refractivity contribution >= 4 is 22.8 Å². The van der Waals surface area contributed by atoms with Gasteiger partial charge in [0, 0.05) is 36.6 Å². The summed E-state index contributed by atoms with van der Waals surface area (Å²) in [5.74, 6) is -3.18. The Balaban J connectivity index is 2.23. The molecule has 1 heterocycles. The second kappa shape index (κ2) is 6.94. The average molecular weight is 342 g/mol. The zero-order valence-corrected chi connectivity index (χ0v) is 12.9. The minimum Gasteiger partial charge on any atom is -0.481 e. The Labute approximate surface area is 136 Å². The van der Waals surface area contributed by atoms with Crippen molar-refractivity contribution in [3.8, 4) is 0 Å². The first-order valence-electron chi connectivity index (χ1n) is 7.31. The van der Waals surface area contributed by atoms with Gasteiger partial charge in [0.05, 0.1) is 0 Å². The van der Waals surface area contributed by atoms with Crippen LogP contribution >= 0.6 is 0 Å². The molecule has 0 unspecified atom stereocenters. The molecule has 1 amide bonds. The predicted octanol–water partition coefficient (Wildman–Crippen LogP) is 2.63. The fraction of sp³-hybridized carbons (Fsp3) is 0.375. The zero-order valence-electron chi connectivity index (χ0n) is 12.9. The lowest BCUT2D eigenvalue weighted by Crippen LogP contribution is -2.44. The Morgan fingerprint density at radius 2 is 1.96 bits per heavy atom.